The SMILES string of the molecule is Cc1cc(C2=NN=C(N3CCC[C@@H]3C3=NOC(c4cccc(Cl)c4)C3)C2C)cc(=O)n1C. The van der Waals surface area contributed by atoms with Crippen LogP contribution in [0.1, 0.15) is 49.1 Å². The molecule has 2 aromatic rings. The predicted octanol–water partition coefficient (Wildman–Crippen LogP) is 4.08. The minimum Gasteiger partial charge on any atom is -0.387 e. The highest BCUT2D eigenvalue weighted by atomic mass is 35.5. The summed E-state index contributed by atoms with van der Waals surface area (Å²) in [6, 6.07) is 11.6. The molecule has 32 heavy (non-hydrogen) atoms. The van der Waals surface area contributed by atoms with Crippen molar-refractivity contribution in [2.45, 2.75) is 45.3 Å². The van der Waals surface area contributed by atoms with E-state index in [0.29, 0.717) is 5.02 Å². The second-order valence-electron chi connectivity index (χ2n) is 8.74. The highest BCUT2D eigenvalue weighted by Gasteiger charge is 2.39. The summed E-state index contributed by atoms with van der Waals surface area (Å²) in [5.74, 6) is 0.948. The molecule has 0 radical (unpaired) electrons. The summed E-state index contributed by atoms with van der Waals surface area (Å²) in [6.45, 7) is 4.94. The number of likely N-dealkylation sites (tertiary alicyclic amines) is 1. The Labute approximate surface area is 192 Å². The summed E-state index contributed by atoms with van der Waals surface area (Å²) in [5.41, 5.74) is 4.63. The van der Waals surface area contributed by atoms with Crippen LogP contribution in [-0.4, -0.2) is 39.3 Å². The van der Waals surface area contributed by atoms with Crippen LogP contribution in [0.2, 0.25) is 5.02 Å². The molecule has 0 spiro atoms. The average Bonchev–Trinajstić information content (AvgIpc) is 3.50. The van der Waals surface area contributed by atoms with E-state index in [1.165, 1.54) is 0 Å². The monoisotopic (exact) mass is 451 g/mol. The van der Waals surface area contributed by atoms with Crippen LogP contribution >= 0.6 is 11.6 Å². The Morgan fingerprint density at radius 1 is 1.19 bits per heavy atom. The minimum atomic E-state index is -0.107. The lowest BCUT2D eigenvalue weighted by atomic mass is 9.95. The van der Waals surface area contributed by atoms with Crippen molar-refractivity contribution >= 4 is 28.9 Å². The fourth-order valence-corrected chi connectivity index (χ4v) is 4.99. The van der Waals surface area contributed by atoms with Gasteiger partial charge in [-0.25, -0.2) is 0 Å². The Hall–Kier alpha value is -2.93. The predicted molar refractivity (Wildman–Crippen MR) is 127 cm³/mol. The molecule has 4 heterocycles. The second kappa shape index (κ2) is 8.20. The number of pyridine rings is 1. The summed E-state index contributed by atoms with van der Waals surface area (Å²) in [4.78, 5) is 20.4. The Balaban J connectivity index is 1.32. The molecule has 1 aromatic heterocycles. The lowest BCUT2D eigenvalue weighted by Gasteiger charge is -2.28. The quantitative estimate of drug-likeness (QED) is 0.705. The van der Waals surface area contributed by atoms with Gasteiger partial charge in [0.1, 0.15) is 5.84 Å². The minimum absolute atomic E-state index is 0.00811. The maximum Gasteiger partial charge on any atom is 0.251 e. The highest BCUT2D eigenvalue weighted by Crippen LogP contribution is 2.34. The Morgan fingerprint density at radius 3 is 2.81 bits per heavy atom. The van der Waals surface area contributed by atoms with E-state index in [1.54, 1.807) is 17.7 Å². The molecule has 1 saturated heterocycles. The zero-order valence-corrected chi connectivity index (χ0v) is 19.2. The fraction of sp³-hybridized carbons (Fsp3) is 0.417. The van der Waals surface area contributed by atoms with E-state index in [4.69, 9.17) is 16.4 Å². The summed E-state index contributed by atoms with van der Waals surface area (Å²) in [7, 11) is 1.78. The van der Waals surface area contributed by atoms with Crippen LogP contribution in [0.3, 0.4) is 0 Å². The van der Waals surface area contributed by atoms with E-state index in [-0.39, 0.29) is 23.6 Å². The molecule has 0 N–H and O–H groups in total. The van der Waals surface area contributed by atoms with Gasteiger partial charge in [-0.3, -0.25) is 4.79 Å². The Kier molecular flexibility index (Phi) is 5.37. The Morgan fingerprint density at radius 2 is 2.03 bits per heavy atom. The lowest BCUT2D eigenvalue weighted by molar-refractivity contribution is 0.0857. The Bertz CT molecular complexity index is 1220. The highest BCUT2D eigenvalue weighted by molar-refractivity contribution is 6.30. The van der Waals surface area contributed by atoms with Crippen molar-refractivity contribution in [1.29, 1.82) is 0 Å². The van der Waals surface area contributed by atoms with Crippen LogP contribution < -0.4 is 5.56 Å². The summed E-state index contributed by atoms with van der Waals surface area (Å²) >= 11 is 6.15. The van der Waals surface area contributed by atoms with Gasteiger partial charge in [-0.05, 0) is 50.5 Å². The smallest absolute Gasteiger partial charge is 0.251 e. The van der Waals surface area contributed by atoms with E-state index in [0.717, 1.165) is 59.9 Å². The maximum atomic E-state index is 12.3. The van der Waals surface area contributed by atoms with Gasteiger partial charge in [0, 0.05) is 42.4 Å². The molecule has 0 amide bonds. The largest absolute Gasteiger partial charge is 0.387 e. The third-order valence-electron chi connectivity index (χ3n) is 6.70. The summed E-state index contributed by atoms with van der Waals surface area (Å²) < 4.78 is 1.64. The third-order valence-corrected chi connectivity index (χ3v) is 6.94. The number of nitrogens with zero attached hydrogens (tertiary/aromatic N) is 5. The molecule has 1 fully saturated rings. The van der Waals surface area contributed by atoms with Gasteiger partial charge in [-0.2, -0.15) is 5.10 Å². The lowest BCUT2D eigenvalue weighted by Crippen LogP contribution is -2.43. The first-order chi connectivity index (χ1) is 15.4. The van der Waals surface area contributed by atoms with Gasteiger partial charge < -0.3 is 14.3 Å². The number of aromatic nitrogens is 1. The van der Waals surface area contributed by atoms with Crippen LogP contribution in [0, 0.1) is 12.8 Å². The van der Waals surface area contributed by atoms with E-state index in [9.17, 15) is 4.79 Å². The standard InChI is InChI=1S/C24H26ClN5O2/c1-14-10-17(12-22(31)29(14)3)23-15(2)24(27-26-23)30-9-5-8-20(30)19-13-21(32-28-19)16-6-4-7-18(25)11-16/h4,6-7,10-12,15,20-21H,5,8-9,13H2,1-3H3/t15?,20-,21?/m1/s1. The van der Waals surface area contributed by atoms with Crippen molar-refractivity contribution in [1.82, 2.24) is 9.47 Å². The van der Waals surface area contributed by atoms with Crippen LogP contribution in [0.5, 0.6) is 0 Å². The molecular weight excluding hydrogens is 426 g/mol. The molecule has 2 unspecified atom stereocenters. The molecule has 0 aliphatic carbocycles. The van der Waals surface area contributed by atoms with Crippen LogP contribution in [-0.2, 0) is 11.9 Å². The molecule has 3 atom stereocenters. The van der Waals surface area contributed by atoms with Gasteiger partial charge in [0.15, 0.2) is 6.10 Å². The number of hydrogen-bond donors (Lipinski definition) is 0. The molecule has 8 heteroatoms. The van der Waals surface area contributed by atoms with Gasteiger partial charge in [-0.15, -0.1) is 5.10 Å². The molecule has 5 rings (SSSR count). The van der Waals surface area contributed by atoms with Crippen LogP contribution in [0.4, 0.5) is 0 Å². The number of hydrogen-bond acceptors (Lipinski definition) is 6. The molecular formula is C24H26ClN5O2. The first kappa shape index (κ1) is 20.9. The van der Waals surface area contributed by atoms with Gasteiger partial charge in [0.05, 0.1) is 23.4 Å². The van der Waals surface area contributed by atoms with Crippen molar-refractivity contribution in [2.24, 2.45) is 28.3 Å². The molecule has 3 aliphatic heterocycles. The average molecular weight is 452 g/mol. The first-order valence-electron chi connectivity index (χ1n) is 11.0. The van der Waals surface area contributed by atoms with Gasteiger partial charge in [-0.1, -0.05) is 28.9 Å². The molecule has 0 bridgehead atoms. The van der Waals surface area contributed by atoms with E-state index >= 15 is 0 Å². The zero-order chi connectivity index (χ0) is 22.4. The molecule has 7 nitrogen and oxygen atoms in total. The number of halogens is 1. The van der Waals surface area contributed by atoms with Crippen molar-refractivity contribution in [2.75, 3.05) is 6.54 Å². The zero-order valence-electron chi connectivity index (χ0n) is 18.5. The third kappa shape index (κ3) is 3.64. The van der Waals surface area contributed by atoms with Gasteiger partial charge in [0.25, 0.3) is 5.56 Å². The second-order valence-corrected chi connectivity index (χ2v) is 9.17. The number of benzene rings is 1. The van der Waals surface area contributed by atoms with Crippen molar-refractivity contribution < 1.29 is 4.84 Å². The van der Waals surface area contributed by atoms with E-state index < -0.39 is 0 Å². The van der Waals surface area contributed by atoms with Crippen molar-refractivity contribution in [3.63, 3.8) is 0 Å². The topological polar surface area (TPSA) is 71.6 Å². The fourth-order valence-electron chi connectivity index (χ4n) is 4.80. The first-order valence-corrected chi connectivity index (χ1v) is 11.4. The maximum absolute atomic E-state index is 12.3. The van der Waals surface area contributed by atoms with E-state index in [2.05, 4.69) is 27.2 Å². The van der Waals surface area contributed by atoms with Gasteiger partial charge in [0.2, 0.25) is 0 Å². The van der Waals surface area contributed by atoms with Crippen molar-refractivity contribution in [3.05, 3.63) is 68.6 Å². The number of amidine groups is 1. The molecule has 0 saturated carbocycles. The van der Waals surface area contributed by atoms with Crippen LogP contribution in [0.25, 0.3) is 0 Å². The number of aryl methyl sites for hydroxylation is 1. The van der Waals surface area contributed by atoms with E-state index in [1.807, 2.05) is 37.3 Å². The number of oxime groups is 1. The molecule has 3 aliphatic rings. The van der Waals surface area contributed by atoms with Gasteiger partial charge >= 0.3 is 0 Å². The number of rotatable bonds is 3. The van der Waals surface area contributed by atoms with Crippen molar-refractivity contribution in [3.8, 4) is 0 Å². The normalized spacial score (nSPS) is 24.9. The molecule has 1 aromatic carbocycles. The summed E-state index contributed by atoms with van der Waals surface area (Å²) in [6.07, 6.45) is 2.71. The van der Waals surface area contributed by atoms with Crippen LogP contribution in [0.15, 0.2) is 56.6 Å². The molecule has 166 valence electrons. The summed E-state index contributed by atoms with van der Waals surface area (Å²) in [5, 5.41) is 14.2.